The smallest absolute Gasteiger partial charge is 0.255 e. The minimum absolute atomic E-state index is 0.105. The Hall–Kier alpha value is -2.62. The molecular formula is C18H18N2O2. The SMILES string of the molecule is CC(C)CNC(=O)c1cccc2c(-c3cccnc3)coc12. The van der Waals surface area contributed by atoms with Crippen LogP contribution in [0.3, 0.4) is 0 Å². The van der Waals surface area contributed by atoms with E-state index in [0.29, 0.717) is 23.6 Å². The quantitative estimate of drug-likeness (QED) is 0.794. The van der Waals surface area contributed by atoms with Gasteiger partial charge in [0.1, 0.15) is 5.58 Å². The minimum atomic E-state index is -0.105. The predicted molar refractivity (Wildman–Crippen MR) is 86.6 cm³/mol. The van der Waals surface area contributed by atoms with Crippen molar-refractivity contribution in [3.05, 3.63) is 54.6 Å². The summed E-state index contributed by atoms with van der Waals surface area (Å²) in [7, 11) is 0. The number of aromatic nitrogens is 1. The van der Waals surface area contributed by atoms with Gasteiger partial charge in [-0.1, -0.05) is 32.0 Å². The molecule has 112 valence electrons. The Balaban J connectivity index is 2.01. The lowest BCUT2D eigenvalue weighted by Gasteiger charge is -2.07. The van der Waals surface area contributed by atoms with Crippen LogP contribution in [0.25, 0.3) is 22.1 Å². The van der Waals surface area contributed by atoms with E-state index < -0.39 is 0 Å². The summed E-state index contributed by atoms with van der Waals surface area (Å²) >= 11 is 0. The standard InChI is InChI=1S/C18H18N2O2/c1-12(2)9-20-18(21)15-7-3-6-14-16(11-22-17(14)15)13-5-4-8-19-10-13/h3-8,10-12H,9H2,1-2H3,(H,20,21). The monoisotopic (exact) mass is 294 g/mol. The Labute approximate surface area is 129 Å². The molecule has 0 radical (unpaired) electrons. The van der Waals surface area contributed by atoms with E-state index in [1.807, 2.05) is 24.3 Å². The molecule has 0 aliphatic carbocycles. The van der Waals surface area contributed by atoms with Gasteiger partial charge in [-0.3, -0.25) is 9.78 Å². The van der Waals surface area contributed by atoms with Crippen LogP contribution in [0.5, 0.6) is 0 Å². The fraction of sp³-hybridized carbons (Fsp3) is 0.222. The van der Waals surface area contributed by atoms with E-state index in [-0.39, 0.29) is 5.91 Å². The lowest BCUT2D eigenvalue weighted by Crippen LogP contribution is -2.27. The number of carbonyl (C=O) groups excluding carboxylic acids is 1. The molecule has 0 unspecified atom stereocenters. The van der Waals surface area contributed by atoms with E-state index >= 15 is 0 Å². The van der Waals surface area contributed by atoms with Crippen molar-refractivity contribution in [3.8, 4) is 11.1 Å². The highest BCUT2D eigenvalue weighted by atomic mass is 16.3. The number of nitrogens with one attached hydrogen (secondary N) is 1. The van der Waals surface area contributed by atoms with E-state index in [2.05, 4.69) is 24.1 Å². The van der Waals surface area contributed by atoms with Crippen molar-refractivity contribution in [1.29, 1.82) is 0 Å². The number of amides is 1. The zero-order valence-corrected chi connectivity index (χ0v) is 12.7. The van der Waals surface area contributed by atoms with Crippen LogP contribution in [0, 0.1) is 5.92 Å². The number of nitrogens with zero attached hydrogens (tertiary/aromatic N) is 1. The Bertz CT molecular complexity index is 791. The van der Waals surface area contributed by atoms with E-state index in [1.54, 1.807) is 24.7 Å². The summed E-state index contributed by atoms with van der Waals surface area (Å²) in [5, 5.41) is 3.85. The van der Waals surface area contributed by atoms with Crippen LogP contribution in [-0.2, 0) is 0 Å². The van der Waals surface area contributed by atoms with Crippen LogP contribution < -0.4 is 5.32 Å². The molecule has 4 heteroatoms. The van der Waals surface area contributed by atoms with Gasteiger partial charge in [0, 0.05) is 35.5 Å². The zero-order chi connectivity index (χ0) is 15.5. The van der Waals surface area contributed by atoms with Gasteiger partial charge in [-0.05, 0) is 18.1 Å². The third-order valence-corrected chi connectivity index (χ3v) is 3.49. The Morgan fingerprint density at radius 1 is 1.27 bits per heavy atom. The van der Waals surface area contributed by atoms with E-state index in [9.17, 15) is 4.79 Å². The fourth-order valence-corrected chi connectivity index (χ4v) is 2.37. The second-order valence-electron chi connectivity index (χ2n) is 5.68. The van der Waals surface area contributed by atoms with Crippen molar-refractivity contribution in [2.45, 2.75) is 13.8 Å². The predicted octanol–water partition coefficient (Wildman–Crippen LogP) is 3.88. The normalized spacial score (nSPS) is 11.0. The summed E-state index contributed by atoms with van der Waals surface area (Å²) < 4.78 is 5.67. The first-order valence-corrected chi connectivity index (χ1v) is 7.35. The lowest BCUT2D eigenvalue weighted by atomic mass is 10.0. The van der Waals surface area contributed by atoms with E-state index in [1.165, 1.54) is 0 Å². The van der Waals surface area contributed by atoms with Crippen molar-refractivity contribution < 1.29 is 9.21 Å². The number of rotatable bonds is 4. The minimum Gasteiger partial charge on any atom is -0.463 e. The molecule has 1 aromatic carbocycles. The van der Waals surface area contributed by atoms with Gasteiger partial charge < -0.3 is 9.73 Å². The molecule has 0 bridgehead atoms. The third-order valence-electron chi connectivity index (χ3n) is 3.49. The second-order valence-corrected chi connectivity index (χ2v) is 5.68. The number of fused-ring (bicyclic) bond motifs is 1. The highest BCUT2D eigenvalue weighted by Gasteiger charge is 2.16. The summed E-state index contributed by atoms with van der Waals surface area (Å²) in [6, 6.07) is 9.48. The number of pyridine rings is 1. The summed E-state index contributed by atoms with van der Waals surface area (Å²) in [6.45, 7) is 4.77. The third kappa shape index (κ3) is 2.72. The number of hydrogen-bond acceptors (Lipinski definition) is 3. The highest BCUT2D eigenvalue weighted by Crippen LogP contribution is 2.31. The van der Waals surface area contributed by atoms with Crippen molar-refractivity contribution in [1.82, 2.24) is 10.3 Å². The first-order valence-electron chi connectivity index (χ1n) is 7.35. The molecule has 3 aromatic rings. The van der Waals surface area contributed by atoms with Gasteiger partial charge in [0.2, 0.25) is 0 Å². The van der Waals surface area contributed by atoms with Crippen LogP contribution in [-0.4, -0.2) is 17.4 Å². The summed E-state index contributed by atoms with van der Waals surface area (Å²) in [5.74, 6) is 0.303. The van der Waals surface area contributed by atoms with Gasteiger partial charge in [-0.25, -0.2) is 0 Å². The molecule has 0 saturated carbocycles. The van der Waals surface area contributed by atoms with Crippen LogP contribution in [0.15, 0.2) is 53.4 Å². The highest BCUT2D eigenvalue weighted by molar-refractivity contribution is 6.08. The topological polar surface area (TPSA) is 55.1 Å². The number of para-hydroxylation sites is 1. The van der Waals surface area contributed by atoms with Gasteiger partial charge in [-0.15, -0.1) is 0 Å². The Morgan fingerprint density at radius 2 is 2.14 bits per heavy atom. The Morgan fingerprint density at radius 3 is 2.86 bits per heavy atom. The molecule has 0 spiro atoms. The average Bonchev–Trinajstić information content (AvgIpc) is 2.97. The van der Waals surface area contributed by atoms with Gasteiger partial charge in [0.05, 0.1) is 11.8 Å². The fourth-order valence-electron chi connectivity index (χ4n) is 2.37. The molecule has 1 amide bonds. The summed E-state index contributed by atoms with van der Waals surface area (Å²) in [4.78, 5) is 16.5. The number of hydrogen-bond donors (Lipinski definition) is 1. The number of benzene rings is 1. The van der Waals surface area contributed by atoms with Gasteiger partial charge in [0.25, 0.3) is 5.91 Å². The van der Waals surface area contributed by atoms with Crippen molar-refractivity contribution in [3.63, 3.8) is 0 Å². The molecule has 0 aliphatic heterocycles. The van der Waals surface area contributed by atoms with Crippen molar-refractivity contribution in [2.24, 2.45) is 5.92 Å². The molecule has 0 atom stereocenters. The maximum Gasteiger partial charge on any atom is 0.255 e. The van der Waals surface area contributed by atoms with Crippen LogP contribution >= 0.6 is 0 Å². The molecule has 0 fully saturated rings. The molecule has 1 N–H and O–H groups in total. The first-order chi connectivity index (χ1) is 10.7. The molecule has 0 aliphatic rings. The van der Waals surface area contributed by atoms with Gasteiger partial charge in [0.15, 0.2) is 0 Å². The molecule has 4 nitrogen and oxygen atoms in total. The van der Waals surface area contributed by atoms with Crippen molar-refractivity contribution >= 4 is 16.9 Å². The Kier molecular flexibility index (Phi) is 3.92. The maximum absolute atomic E-state index is 12.3. The molecule has 2 heterocycles. The first kappa shape index (κ1) is 14.3. The van der Waals surface area contributed by atoms with Crippen LogP contribution in [0.4, 0.5) is 0 Å². The second kappa shape index (κ2) is 6.02. The molecule has 0 saturated heterocycles. The number of carbonyl (C=O) groups is 1. The molecule has 3 rings (SSSR count). The summed E-state index contributed by atoms with van der Waals surface area (Å²) in [5.41, 5.74) is 3.10. The van der Waals surface area contributed by atoms with Gasteiger partial charge in [-0.2, -0.15) is 0 Å². The summed E-state index contributed by atoms with van der Waals surface area (Å²) in [6.07, 6.45) is 5.20. The zero-order valence-electron chi connectivity index (χ0n) is 12.7. The average molecular weight is 294 g/mol. The van der Waals surface area contributed by atoms with Crippen molar-refractivity contribution in [2.75, 3.05) is 6.54 Å². The lowest BCUT2D eigenvalue weighted by molar-refractivity contribution is 0.0949. The molecular weight excluding hydrogens is 276 g/mol. The molecule has 2 aromatic heterocycles. The number of furan rings is 1. The van der Waals surface area contributed by atoms with E-state index in [0.717, 1.165) is 16.5 Å². The van der Waals surface area contributed by atoms with Gasteiger partial charge >= 0.3 is 0 Å². The van der Waals surface area contributed by atoms with Crippen LogP contribution in [0.2, 0.25) is 0 Å². The maximum atomic E-state index is 12.3. The van der Waals surface area contributed by atoms with Crippen LogP contribution in [0.1, 0.15) is 24.2 Å². The van der Waals surface area contributed by atoms with E-state index in [4.69, 9.17) is 4.42 Å². The largest absolute Gasteiger partial charge is 0.463 e. The molecule has 22 heavy (non-hydrogen) atoms.